The minimum atomic E-state index is -3.03. The highest BCUT2D eigenvalue weighted by molar-refractivity contribution is 7.88. The maximum atomic E-state index is 11.6. The average Bonchev–Trinajstić information content (AvgIpc) is 2.39. The van der Waals surface area contributed by atoms with Gasteiger partial charge in [-0.15, -0.1) is 0 Å². The lowest BCUT2D eigenvalue weighted by atomic mass is 9.80. The Morgan fingerprint density at radius 3 is 2.47 bits per heavy atom. The minimum Gasteiger partial charge on any atom is -0.327 e. The molecule has 1 aliphatic carbocycles. The Morgan fingerprint density at radius 2 is 1.84 bits per heavy atom. The molecular formula is C14H28N2O2S. The first-order valence-electron chi connectivity index (χ1n) is 7.67. The molecule has 0 aromatic heterocycles. The van der Waals surface area contributed by atoms with E-state index < -0.39 is 10.0 Å². The van der Waals surface area contributed by atoms with Crippen LogP contribution in [0.25, 0.3) is 0 Å². The van der Waals surface area contributed by atoms with Gasteiger partial charge in [-0.2, -0.15) is 0 Å². The van der Waals surface area contributed by atoms with Crippen LogP contribution in [0.1, 0.15) is 51.4 Å². The second-order valence-corrected chi connectivity index (χ2v) is 8.41. The number of nitrogens with two attached hydrogens (primary N) is 1. The van der Waals surface area contributed by atoms with E-state index in [4.69, 9.17) is 5.73 Å². The van der Waals surface area contributed by atoms with Crippen LogP contribution in [-0.2, 0) is 10.0 Å². The van der Waals surface area contributed by atoms with E-state index in [1.807, 2.05) is 0 Å². The van der Waals surface area contributed by atoms with Crippen LogP contribution in [0.2, 0.25) is 0 Å². The molecular weight excluding hydrogens is 260 g/mol. The number of hydrogen-bond donors (Lipinski definition) is 1. The molecule has 0 bridgehead atoms. The van der Waals surface area contributed by atoms with Crippen molar-refractivity contribution in [1.29, 1.82) is 0 Å². The van der Waals surface area contributed by atoms with Crippen molar-refractivity contribution in [3.8, 4) is 0 Å². The lowest BCUT2D eigenvalue weighted by molar-refractivity contribution is 0.212. The second-order valence-electron chi connectivity index (χ2n) is 6.43. The molecule has 1 saturated heterocycles. The van der Waals surface area contributed by atoms with E-state index in [9.17, 15) is 8.42 Å². The molecule has 0 aromatic rings. The molecule has 2 unspecified atom stereocenters. The Hall–Kier alpha value is -0.130. The summed E-state index contributed by atoms with van der Waals surface area (Å²) in [5.41, 5.74) is 6.37. The highest BCUT2D eigenvalue weighted by Gasteiger charge is 2.29. The fraction of sp³-hybridized carbons (Fsp3) is 1.00. The zero-order valence-corrected chi connectivity index (χ0v) is 12.9. The summed E-state index contributed by atoms with van der Waals surface area (Å²) < 4.78 is 24.9. The molecule has 1 heterocycles. The molecule has 112 valence electrons. The largest absolute Gasteiger partial charge is 0.327 e. The van der Waals surface area contributed by atoms with E-state index in [0.717, 1.165) is 19.3 Å². The van der Waals surface area contributed by atoms with Crippen LogP contribution in [0.4, 0.5) is 0 Å². The normalized spacial score (nSPS) is 29.3. The Labute approximate surface area is 117 Å². The van der Waals surface area contributed by atoms with Gasteiger partial charge in [0.1, 0.15) is 0 Å². The van der Waals surface area contributed by atoms with E-state index in [2.05, 4.69) is 0 Å². The molecule has 2 fully saturated rings. The van der Waals surface area contributed by atoms with Crippen molar-refractivity contribution < 1.29 is 8.42 Å². The number of piperidine rings is 1. The van der Waals surface area contributed by atoms with Gasteiger partial charge in [0.15, 0.2) is 0 Å². The number of hydrogen-bond acceptors (Lipinski definition) is 3. The van der Waals surface area contributed by atoms with Crippen molar-refractivity contribution in [2.24, 2.45) is 17.6 Å². The van der Waals surface area contributed by atoms with Gasteiger partial charge in [0.25, 0.3) is 0 Å². The lowest BCUT2D eigenvalue weighted by Gasteiger charge is -2.35. The molecule has 0 radical (unpaired) electrons. The van der Waals surface area contributed by atoms with E-state index in [0.29, 0.717) is 24.9 Å². The smallest absolute Gasteiger partial charge is 0.211 e. The van der Waals surface area contributed by atoms with Crippen molar-refractivity contribution in [1.82, 2.24) is 4.31 Å². The quantitative estimate of drug-likeness (QED) is 0.860. The van der Waals surface area contributed by atoms with Gasteiger partial charge in [-0.1, -0.05) is 19.3 Å². The molecule has 2 aliphatic rings. The summed E-state index contributed by atoms with van der Waals surface area (Å²) in [7, 11) is -3.03. The van der Waals surface area contributed by atoms with E-state index in [-0.39, 0.29) is 6.04 Å². The second kappa shape index (κ2) is 6.55. The van der Waals surface area contributed by atoms with E-state index in [1.165, 1.54) is 38.4 Å². The zero-order chi connectivity index (χ0) is 13.9. The molecule has 0 amide bonds. The van der Waals surface area contributed by atoms with Crippen LogP contribution < -0.4 is 5.73 Å². The van der Waals surface area contributed by atoms with Crippen LogP contribution in [0.3, 0.4) is 0 Å². The molecule has 19 heavy (non-hydrogen) atoms. The summed E-state index contributed by atoms with van der Waals surface area (Å²) in [6.07, 6.45) is 11.0. The third-order valence-electron chi connectivity index (χ3n) is 4.81. The topological polar surface area (TPSA) is 63.4 Å². The van der Waals surface area contributed by atoms with Gasteiger partial charge >= 0.3 is 0 Å². The first kappa shape index (κ1) is 15.3. The number of sulfonamides is 1. The molecule has 5 heteroatoms. The molecule has 4 nitrogen and oxygen atoms in total. The average molecular weight is 288 g/mol. The van der Waals surface area contributed by atoms with Crippen molar-refractivity contribution in [3.05, 3.63) is 0 Å². The first-order valence-corrected chi connectivity index (χ1v) is 9.52. The standard InChI is InChI=1S/C14H28N2O2S/c1-19(17,18)16-9-5-6-12(11-16)10-14(15)13-7-3-2-4-8-13/h12-14H,2-11,15H2,1H3. The zero-order valence-electron chi connectivity index (χ0n) is 12.1. The maximum Gasteiger partial charge on any atom is 0.211 e. The van der Waals surface area contributed by atoms with Crippen LogP contribution >= 0.6 is 0 Å². The molecule has 0 aromatic carbocycles. The van der Waals surface area contributed by atoms with Crippen LogP contribution in [0.15, 0.2) is 0 Å². The summed E-state index contributed by atoms with van der Waals surface area (Å²) in [6, 6.07) is 0.268. The molecule has 1 saturated carbocycles. The molecule has 2 atom stereocenters. The SMILES string of the molecule is CS(=O)(=O)N1CCCC(CC(N)C2CCCCC2)C1. The summed E-state index contributed by atoms with van der Waals surface area (Å²) in [6.45, 7) is 1.37. The lowest BCUT2D eigenvalue weighted by Crippen LogP contribution is -2.42. The van der Waals surface area contributed by atoms with Crippen molar-refractivity contribution in [2.75, 3.05) is 19.3 Å². The molecule has 1 aliphatic heterocycles. The van der Waals surface area contributed by atoms with Gasteiger partial charge in [0.2, 0.25) is 10.0 Å². The maximum absolute atomic E-state index is 11.6. The van der Waals surface area contributed by atoms with Gasteiger partial charge in [-0.25, -0.2) is 12.7 Å². The van der Waals surface area contributed by atoms with Gasteiger partial charge < -0.3 is 5.73 Å². The number of rotatable bonds is 4. The molecule has 0 spiro atoms. The van der Waals surface area contributed by atoms with Crippen LogP contribution in [-0.4, -0.2) is 38.1 Å². The Kier molecular flexibility index (Phi) is 5.26. The predicted molar refractivity (Wildman–Crippen MR) is 78.3 cm³/mol. The van der Waals surface area contributed by atoms with Gasteiger partial charge in [-0.3, -0.25) is 0 Å². The summed E-state index contributed by atoms with van der Waals surface area (Å²) in [4.78, 5) is 0. The summed E-state index contributed by atoms with van der Waals surface area (Å²) >= 11 is 0. The van der Waals surface area contributed by atoms with E-state index in [1.54, 1.807) is 4.31 Å². The van der Waals surface area contributed by atoms with Crippen molar-refractivity contribution in [3.63, 3.8) is 0 Å². The molecule has 2 N–H and O–H groups in total. The van der Waals surface area contributed by atoms with E-state index >= 15 is 0 Å². The fourth-order valence-electron chi connectivity index (χ4n) is 3.66. The fourth-order valence-corrected chi connectivity index (χ4v) is 4.60. The minimum absolute atomic E-state index is 0.268. The van der Waals surface area contributed by atoms with Gasteiger partial charge in [0.05, 0.1) is 6.26 Å². The summed E-state index contributed by atoms with van der Waals surface area (Å²) in [5, 5.41) is 0. The first-order chi connectivity index (χ1) is 8.97. The Bertz CT molecular complexity index is 377. The third kappa shape index (κ3) is 4.43. The third-order valence-corrected chi connectivity index (χ3v) is 6.08. The highest BCUT2D eigenvalue weighted by Crippen LogP contribution is 2.30. The highest BCUT2D eigenvalue weighted by atomic mass is 32.2. The Balaban J connectivity index is 1.84. The van der Waals surface area contributed by atoms with Gasteiger partial charge in [0, 0.05) is 19.1 Å². The predicted octanol–water partition coefficient (Wildman–Crippen LogP) is 1.96. The Morgan fingerprint density at radius 1 is 1.16 bits per heavy atom. The summed E-state index contributed by atoms with van der Waals surface area (Å²) in [5.74, 6) is 1.13. The molecule has 2 rings (SSSR count). The van der Waals surface area contributed by atoms with Crippen molar-refractivity contribution in [2.45, 2.75) is 57.4 Å². The monoisotopic (exact) mass is 288 g/mol. The van der Waals surface area contributed by atoms with Crippen LogP contribution in [0, 0.1) is 11.8 Å². The number of nitrogens with zero attached hydrogens (tertiary/aromatic N) is 1. The van der Waals surface area contributed by atoms with Crippen molar-refractivity contribution >= 4 is 10.0 Å². The van der Waals surface area contributed by atoms with Crippen LogP contribution in [0.5, 0.6) is 0 Å². The van der Waals surface area contributed by atoms with Gasteiger partial charge in [-0.05, 0) is 43.9 Å².